The van der Waals surface area contributed by atoms with E-state index in [0.717, 1.165) is 6.42 Å². The summed E-state index contributed by atoms with van der Waals surface area (Å²) >= 11 is 0. The SMILES string of the molecule is CC(N)C(N)Cc1cccc2ccccc12. The average molecular weight is 214 g/mol. The van der Waals surface area contributed by atoms with Crippen molar-refractivity contribution in [2.45, 2.75) is 25.4 Å². The highest BCUT2D eigenvalue weighted by Gasteiger charge is 2.10. The van der Waals surface area contributed by atoms with Crippen LogP contribution in [0.25, 0.3) is 10.8 Å². The van der Waals surface area contributed by atoms with Gasteiger partial charge in [0, 0.05) is 12.1 Å². The Hall–Kier alpha value is -1.38. The molecule has 2 atom stereocenters. The summed E-state index contributed by atoms with van der Waals surface area (Å²) in [6, 6.07) is 14.7. The lowest BCUT2D eigenvalue weighted by Crippen LogP contribution is -2.40. The summed E-state index contributed by atoms with van der Waals surface area (Å²) in [6.07, 6.45) is 0.832. The van der Waals surface area contributed by atoms with Gasteiger partial charge in [0.25, 0.3) is 0 Å². The molecular weight excluding hydrogens is 196 g/mol. The van der Waals surface area contributed by atoms with E-state index in [1.165, 1.54) is 16.3 Å². The van der Waals surface area contributed by atoms with Gasteiger partial charge in [0.1, 0.15) is 0 Å². The van der Waals surface area contributed by atoms with Crippen molar-refractivity contribution in [3.63, 3.8) is 0 Å². The zero-order valence-corrected chi connectivity index (χ0v) is 9.56. The predicted molar refractivity (Wildman–Crippen MR) is 69.3 cm³/mol. The Balaban J connectivity index is 2.37. The van der Waals surface area contributed by atoms with Gasteiger partial charge < -0.3 is 11.5 Å². The van der Waals surface area contributed by atoms with Gasteiger partial charge in [0.15, 0.2) is 0 Å². The van der Waals surface area contributed by atoms with Crippen LogP contribution in [-0.2, 0) is 6.42 Å². The summed E-state index contributed by atoms with van der Waals surface area (Å²) in [4.78, 5) is 0. The maximum Gasteiger partial charge on any atom is 0.0230 e. The lowest BCUT2D eigenvalue weighted by Gasteiger charge is -2.16. The summed E-state index contributed by atoms with van der Waals surface area (Å²) in [5.74, 6) is 0. The van der Waals surface area contributed by atoms with E-state index in [4.69, 9.17) is 11.5 Å². The van der Waals surface area contributed by atoms with Crippen molar-refractivity contribution in [2.75, 3.05) is 0 Å². The first-order chi connectivity index (χ1) is 7.68. The number of hydrogen-bond acceptors (Lipinski definition) is 2. The smallest absolute Gasteiger partial charge is 0.0230 e. The van der Waals surface area contributed by atoms with E-state index >= 15 is 0 Å². The molecule has 0 aliphatic heterocycles. The Morgan fingerprint density at radius 1 is 1.00 bits per heavy atom. The van der Waals surface area contributed by atoms with Crippen molar-refractivity contribution in [1.29, 1.82) is 0 Å². The molecule has 4 N–H and O–H groups in total. The predicted octanol–water partition coefficient (Wildman–Crippen LogP) is 2.06. The molecule has 0 aliphatic rings. The van der Waals surface area contributed by atoms with Gasteiger partial charge in [0.2, 0.25) is 0 Å². The fraction of sp³-hybridized carbons (Fsp3) is 0.286. The largest absolute Gasteiger partial charge is 0.327 e. The zero-order chi connectivity index (χ0) is 11.5. The molecule has 2 unspecified atom stereocenters. The summed E-state index contributed by atoms with van der Waals surface area (Å²) < 4.78 is 0. The second-order valence-corrected chi connectivity index (χ2v) is 4.37. The Morgan fingerprint density at radius 2 is 1.69 bits per heavy atom. The van der Waals surface area contributed by atoms with Crippen LogP contribution < -0.4 is 11.5 Å². The van der Waals surface area contributed by atoms with Crippen LogP contribution >= 0.6 is 0 Å². The van der Waals surface area contributed by atoms with Gasteiger partial charge in [-0.25, -0.2) is 0 Å². The number of benzene rings is 2. The van der Waals surface area contributed by atoms with Gasteiger partial charge in [-0.2, -0.15) is 0 Å². The normalized spacial score (nSPS) is 14.9. The number of rotatable bonds is 3. The third-order valence-electron chi connectivity index (χ3n) is 3.01. The molecule has 2 rings (SSSR count). The Bertz CT molecular complexity index is 472. The lowest BCUT2D eigenvalue weighted by molar-refractivity contribution is 0.559. The molecule has 84 valence electrons. The maximum absolute atomic E-state index is 6.01. The monoisotopic (exact) mass is 214 g/mol. The van der Waals surface area contributed by atoms with Crippen molar-refractivity contribution < 1.29 is 0 Å². The van der Waals surface area contributed by atoms with E-state index in [2.05, 4.69) is 42.5 Å². The van der Waals surface area contributed by atoms with Crippen LogP contribution in [0.2, 0.25) is 0 Å². The molecule has 0 aromatic heterocycles. The van der Waals surface area contributed by atoms with Crippen LogP contribution in [0.4, 0.5) is 0 Å². The molecule has 0 amide bonds. The van der Waals surface area contributed by atoms with Crippen molar-refractivity contribution in [3.8, 4) is 0 Å². The summed E-state index contributed by atoms with van der Waals surface area (Å²) in [6.45, 7) is 1.95. The molecule has 0 fully saturated rings. The van der Waals surface area contributed by atoms with Crippen LogP contribution in [0.3, 0.4) is 0 Å². The van der Waals surface area contributed by atoms with E-state index < -0.39 is 0 Å². The van der Waals surface area contributed by atoms with E-state index in [-0.39, 0.29) is 12.1 Å². The van der Waals surface area contributed by atoms with Crippen molar-refractivity contribution in [1.82, 2.24) is 0 Å². The summed E-state index contributed by atoms with van der Waals surface area (Å²) in [5, 5.41) is 2.54. The Labute approximate surface area is 96.3 Å². The second kappa shape index (κ2) is 4.64. The quantitative estimate of drug-likeness (QED) is 0.821. The van der Waals surface area contributed by atoms with Gasteiger partial charge in [-0.15, -0.1) is 0 Å². The fourth-order valence-corrected chi connectivity index (χ4v) is 1.91. The third-order valence-corrected chi connectivity index (χ3v) is 3.01. The van der Waals surface area contributed by atoms with E-state index in [9.17, 15) is 0 Å². The van der Waals surface area contributed by atoms with Gasteiger partial charge in [-0.05, 0) is 29.7 Å². The standard InChI is InChI=1S/C14H18N2/c1-10(15)14(16)9-12-7-4-6-11-5-2-3-8-13(11)12/h2-8,10,14H,9,15-16H2,1H3. The fourth-order valence-electron chi connectivity index (χ4n) is 1.91. The minimum atomic E-state index is 0.0193. The van der Waals surface area contributed by atoms with Gasteiger partial charge in [-0.1, -0.05) is 42.5 Å². The number of hydrogen-bond donors (Lipinski definition) is 2. The molecule has 0 heterocycles. The molecular formula is C14H18N2. The van der Waals surface area contributed by atoms with Gasteiger partial charge in [-0.3, -0.25) is 0 Å². The van der Waals surface area contributed by atoms with E-state index in [0.29, 0.717) is 0 Å². The highest BCUT2D eigenvalue weighted by Crippen LogP contribution is 2.19. The first-order valence-corrected chi connectivity index (χ1v) is 5.66. The van der Waals surface area contributed by atoms with Crippen LogP contribution in [0.5, 0.6) is 0 Å². The zero-order valence-electron chi connectivity index (χ0n) is 9.56. The molecule has 2 nitrogen and oxygen atoms in total. The molecule has 0 bridgehead atoms. The first kappa shape index (κ1) is 11.1. The Kier molecular flexibility index (Phi) is 3.22. The molecule has 2 aromatic rings. The van der Waals surface area contributed by atoms with Crippen molar-refractivity contribution in [2.24, 2.45) is 11.5 Å². The summed E-state index contributed by atoms with van der Waals surface area (Å²) in [7, 11) is 0. The third kappa shape index (κ3) is 2.23. The van der Waals surface area contributed by atoms with Gasteiger partial charge in [0.05, 0.1) is 0 Å². The Morgan fingerprint density at radius 3 is 2.44 bits per heavy atom. The number of fused-ring (bicyclic) bond motifs is 1. The summed E-state index contributed by atoms with van der Waals surface area (Å²) in [5.41, 5.74) is 13.1. The minimum Gasteiger partial charge on any atom is -0.327 e. The van der Waals surface area contributed by atoms with Crippen LogP contribution in [0.15, 0.2) is 42.5 Å². The maximum atomic E-state index is 6.01. The van der Waals surface area contributed by atoms with Crippen molar-refractivity contribution >= 4 is 10.8 Å². The van der Waals surface area contributed by atoms with Gasteiger partial charge >= 0.3 is 0 Å². The molecule has 0 aliphatic carbocycles. The van der Waals surface area contributed by atoms with Crippen LogP contribution in [-0.4, -0.2) is 12.1 Å². The van der Waals surface area contributed by atoms with E-state index in [1.807, 2.05) is 6.92 Å². The number of nitrogens with two attached hydrogens (primary N) is 2. The highest BCUT2D eigenvalue weighted by atomic mass is 14.8. The minimum absolute atomic E-state index is 0.0193. The molecule has 0 saturated carbocycles. The van der Waals surface area contributed by atoms with Crippen molar-refractivity contribution in [3.05, 3.63) is 48.0 Å². The van der Waals surface area contributed by atoms with Crippen LogP contribution in [0.1, 0.15) is 12.5 Å². The topological polar surface area (TPSA) is 52.0 Å². The molecule has 16 heavy (non-hydrogen) atoms. The molecule has 0 radical (unpaired) electrons. The van der Waals surface area contributed by atoms with E-state index in [1.54, 1.807) is 0 Å². The molecule has 2 aromatic carbocycles. The molecule has 0 saturated heterocycles. The first-order valence-electron chi connectivity index (χ1n) is 5.66. The lowest BCUT2D eigenvalue weighted by atomic mass is 9.97. The van der Waals surface area contributed by atoms with Crippen LogP contribution in [0, 0.1) is 0 Å². The molecule has 2 heteroatoms. The molecule has 0 spiro atoms. The average Bonchev–Trinajstić information content (AvgIpc) is 2.29. The second-order valence-electron chi connectivity index (χ2n) is 4.37. The highest BCUT2D eigenvalue weighted by molar-refractivity contribution is 5.85.